The largest absolute Gasteiger partial charge is 0.463 e. The predicted molar refractivity (Wildman–Crippen MR) is 83.0 cm³/mol. The van der Waals surface area contributed by atoms with Gasteiger partial charge in [-0.25, -0.2) is 4.79 Å². The Labute approximate surface area is 128 Å². The molecule has 0 radical (unpaired) electrons. The van der Waals surface area contributed by atoms with Crippen molar-refractivity contribution in [2.24, 2.45) is 0 Å². The molecule has 0 atom stereocenters. The molecule has 0 saturated carbocycles. The maximum Gasteiger partial charge on any atom is 0.332 e. The van der Waals surface area contributed by atoms with Crippen molar-refractivity contribution in [3.8, 4) is 11.3 Å². The van der Waals surface area contributed by atoms with Gasteiger partial charge >= 0.3 is 5.97 Å². The number of nitrogens with one attached hydrogen (secondary N) is 2. The third-order valence-electron chi connectivity index (χ3n) is 2.73. The molecule has 1 aromatic carbocycles. The Kier molecular flexibility index (Phi) is 5.00. The molecule has 1 aromatic heterocycles. The van der Waals surface area contributed by atoms with Crippen LogP contribution in [0.15, 0.2) is 42.2 Å². The first-order valence-electron chi connectivity index (χ1n) is 6.51. The van der Waals surface area contributed by atoms with E-state index < -0.39 is 0 Å². The lowest BCUT2D eigenvalue weighted by molar-refractivity contribution is -0.137. The number of anilines is 1. The maximum absolute atomic E-state index is 11.4. The number of rotatable bonds is 5. The molecule has 0 aliphatic heterocycles. The van der Waals surface area contributed by atoms with Gasteiger partial charge in [0.2, 0.25) is 0 Å². The summed E-state index contributed by atoms with van der Waals surface area (Å²) in [7, 11) is 0. The molecule has 0 bridgehead atoms. The third-order valence-corrected chi connectivity index (χ3v) is 2.98. The molecule has 21 heavy (non-hydrogen) atoms. The van der Waals surface area contributed by atoms with Crippen LogP contribution in [0.25, 0.3) is 11.3 Å². The van der Waals surface area contributed by atoms with Crippen LogP contribution < -0.4 is 5.32 Å². The fraction of sp³-hybridized carbons (Fsp3) is 0.200. The number of hydrogen-bond acceptors (Lipinski definition) is 4. The first kappa shape index (κ1) is 15.1. The molecule has 2 rings (SSSR count). The SMILES string of the molecule is CCOC(=O)C=C(C)Nc1cn[nH]c1-c1ccc(Cl)cc1. The fourth-order valence-electron chi connectivity index (χ4n) is 1.83. The van der Waals surface area contributed by atoms with E-state index in [1.54, 1.807) is 20.0 Å². The van der Waals surface area contributed by atoms with Crippen molar-refractivity contribution in [1.29, 1.82) is 0 Å². The second-order valence-corrected chi connectivity index (χ2v) is 4.81. The molecule has 0 spiro atoms. The Balaban J connectivity index is 2.17. The Morgan fingerprint density at radius 2 is 2.14 bits per heavy atom. The van der Waals surface area contributed by atoms with Gasteiger partial charge in [-0.1, -0.05) is 23.7 Å². The number of H-pyrrole nitrogens is 1. The van der Waals surface area contributed by atoms with E-state index >= 15 is 0 Å². The highest BCUT2D eigenvalue weighted by atomic mass is 35.5. The minimum atomic E-state index is -0.376. The van der Waals surface area contributed by atoms with Gasteiger partial charge < -0.3 is 10.1 Å². The van der Waals surface area contributed by atoms with E-state index in [9.17, 15) is 4.79 Å². The van der Waals surface area contributed by atoms with Gasteiger partial charge in [-0.15, -0.1) is 0 Å². The average molecular weight is 306 g/mol. The van der Waals surface area contributed by atoms with Crippen LogP contribution in [0.2, 0.25) is 5.02 Å². The molecule has 2 N–H and O–H groups in total. The van der Waals surface area contributed by atoms with Gasteiger partial charge in [0, 0.05) is 22.4 Å². The highest BCUT2D eigenvalue weighted by Gasteiger charge is 2.08. The van der Waals surface area contributed by atoms with E-state index in [0.29, 0.717) is 17.3 Å². The molecule has 0 saturated heterocycles. The predicted octanol–water partition coefficient (Wildman–Crippen LogP) is 3.61. The number of allylic oxidation sites excluding steroid dienone is 1. The molecular formula is C15H16ClN3O2. The Morgan fingerprint density at radius 3 is 2.81 bits per heavy atom. The summed E-state index contributed by atoms with van der Waals surface area (Å²) in [5, 5.41) is 10.8. The normalized spacial score (nSPS) is 11.3. The van der Waals surface area contributed by atoms with Crippen molar-refractivity contribution in [2.45, 2.75) is 13.8 Å². The summed E-state index contributed by atoms with van der Waals surface area (Å²) in [5.74, 6) is -0.376. The molecular weight excluding hydrogens is 290 g/mol. The molecule has 6 heteroatoms. The van der Waals surface area contributed by atoms with Crippen LogP contribution in [0.5, 0.6) is 0 Å². The van der Waals surface area contributed by atoms with Crippen LogP contribution in [0.1, 0.15) is 13.8 Å². The third kappa shape index (κ3) is 4.10. The summed E-state index contributed by atoms with van der Waals surface area (Å²) in [6.45, 7) is 3.91. The summed E-state index contributed by atoms with van der Waals surface area (Å²) in [6.07, 6.45) is 3.06. The molecule has 2 aromatic rings. The van der Waals surface area contributed by atoms with Gasteiger partial charge in [-0.3, -0.25) is 5.10 Å². The van der Waals surface area contributed by atoms with Gasteiger partial charge in [0.05, 0.1) is 24.2 Å². The van der Waals surface area contributed by atoms with Crippen LogP contribution in [0, 0.1) is 0 Å². The summed E-state index contributed by atoms with van der Waals surface area (Å²) < 4.78 is 4.87. The summed E-state index contributed by atoms with van der Waals surface area (Å²) in [5.41, 5.74) is 3.21. The number of ether oxygens (including phenoxy) is 1. The van der Waals surface area contributed by atoms with E-state index in [2.05, 4.69) is 15.5 Å². The number of halogens is 1. The first-order valence-corrected chi connectivity index (χ1v) is 6.89. The van der Waals surface area contributed by atoms with Crippen LogP contribution >= 0.6 is 11.6 Å². The topological polar surface area (TPSA) is 67.0 Å². The van der Waals surface area contributed by atoms with E-state index in [0.717, 1.165) is 16.9 Å². The zero-order chi connectivity index (χ0) is 15.2. The zero-order valence-electron chi connectivity index (χ0n) is 11.8. The van der Waals surface area contributed by atoms with Crippen LogP contribution in [0.4, 0.5) is 5.69 Å². The van der Waals surface area contributed by atoms with Crippen molar-refractivity contribution in [1.82, 2.24) is 10.2 Å². The number of nitrogens with zero attached hydrogens (tertiary/aromatic N) is 1. The highest BCUT2D eigenvalue weighted by molar-refractivity contribution is 6.30. The Hall–Kier alpha value is -2.27. The van der Waals surface area contributed by atoms with Crippen molar-refractivity contribution in [3.63, 3.8) is 0 Å². The lowest BCUT2D eigenvalue weighted by Gasteiger charge is -2.07. The molecule has 0 amide bonds. The van der Waals surface area contributed by atoms with Gasteiger partial charge in [0.25, 0.3) is 0 Å². The van der Waals surface area contributed by atoms with Crippen LogP contribution in [0.3, 0.4) is 0 Å². The number of hydrogen-bond donors (Lipinski definition) is 2. The van der Waals surface area contributed by atoms with E-state index in [-0.39, 0.29) is 5.97 Å². The molecule has 5 nitrogen and oxygen atoms in total. The second kappa shape index (κ2) is 6.95. The number of esters is 1. The lowest BCUT2D eigenvalue weighted by atomic mass is 10.1. The minimum absolute atomic E-state index is 0.352. The fourth-order valence-corrected chi connectivity index (χ4v) is 1.95. The second-order valence-electron chi connectivity index (χ2n) is 4.37. The highest BCUT2D eigenvalue weighted by Crippen LogP contribution is 2.27. The monoisotopic (exact) mass is 305 g/mol. The van der Waals surface area contributed by atoms with Crippen molar-refractivity contribution >= 4 is 23.3 Å². The molecule has 1 heterocycles. The summed E-state index contributed by atoms with van der Waals surface area (Å²) in [6, 6.07) is 7.41. The molecule has 0 fully saturated rings. The van der Waals surface area contributed by atoms with E-state index in [1.807, 2.05) is 24.3 Å². The summed E-state index contributed by atoms with van der Waals surface area (Å²) >= 11 is 5.88. The smallest absolute Gasteiger partial charge is 0.332 e. The van der Waals surface area contributed by atoms with Crippen LogP contribution in [-0.4, -0.2) is 22.8 Å². The number of aromatic nitrogens is 2. The van der Waals surface area contributed by atoms with Gasteiger partial charge in [0.1, 0.15) is 0 Å². The van der Waals surface area contributed by atoms with E-state index in [1.165, 1.54) is 6.08 Å². The number of carbonyl (C=O) groups is 1. The standard InChI is InChI=1S/C15H16ClN3O2/c1-3-21-14(20)8-10(2)18-13-9-17-19-15(13)11-4-6-12(16)7-5-11/h4-9,18H,3H2,1-2H3,(H,17,19). The Bertz CT molecular complexity index is 647. The molecule has 0 aliphatic rings. The molecule has 0 unspecified atom stereocenters. The average Bonchev–Trinajstić information content (AvgIpc) is 2.87. The molecule has 0 aliphatic carbocycles. The minimum Gasteiger partial charge on any atom is -0.463 e. The van der Waals surface area contributed by atoms with E-state index in [4.69, 9.17) is 16.3 Å². The van der Waals surface area contributed by atoms with Gasteiger partial charge in [-0.2, -0.15) is 5.10 Å². The first-order chi connectivity index (χ1) is 10.1. The number of benzene rings is 1. The molecule has 110 valence electrons. The Morgan fingerprint density at radius 1 is 1.43 bits per heavy atom. The number of aromatic amines is 1. The van der Waals surface area contributed by atoms with Gasteiger partial charge in [0.15, 0.2) is 0 Å². The summed E-state index contributed by atoms with van der Waals surface area (Å²) in [4.78, 5) is 11.4. The maximum atomic E-state index is 11.4. The lowest BCUT2D eigenvalue weighted by Crippen LogP contribution is -2.04. The van der Waals surface area contributed by atoms with Crippen LogP contribution in [-0.2, 0) is 9.53 Å². The van der Waals surface area contributed by atoms with Crippen molar-refractivity contribution in [3.05, 3.63) is 47.3 Å². The number of carbonyl (C=O) groups excluding carboxylic acids is 1. The van der Waals surface area contributed by atoms with Crippen molar-refractivity contribution in [2.75, 3.05) is 11.9 Å². The van der Waals surface area contributed by atoms with Gasteiger partial charge in [-0.05, 0) is 26.0 Å². The quantitative estimate of drug-likeness (QED) is 0.654. The van der Waals surface area contributed by atoms with Crippen molar-refractivity contribution < 1.29 is 9.53 Å². The zero-order valence-corrected chi connectivity index (χ0v) is 12.6.